The van der Waals surface area contributed by atoms with Crippen molar-refractivity contribution < 1.29 is 4.79 Å². The maximum absolute atomic E-state index is 12.8. The van der Waals surface area contributed by atoms with Crippen molar-refractivity contribution in [3.8, 4) is 0 Å². The largest absolute Gasteiger partial charge is 0.347 e. The number of carbonyl (C=O) groups excluding carboxylic acids is 1. The second-order valence-corrected chi connectivity index (χ2v) is 6.84. The first kappa shape index (κ1) is 19.5. The maximum Gasteiger partial charge on any atom is 0.271 e. The van der Waals surface area contributed by atoms with Crippen LogP contribution in [-0.2, 0) is 6.54 Å². The summed E-state index contributed by atoms with van der Waals surface area (Å²) in [6.07, 6.45) is 0.776. The number of carbonyl (C=O) groups is 1. The van der Waals surface area contributed by atoms with Gasteiger partial charge in [0, 0.05) is 24.6 Å². The highest BCUT2D eigenvalue weighted by atomic mass is 16.2. The average Bonchev–Trinajstić information content (AvgIpc) is 2.71. The molecule has 2 aromatic carbocycles. The summed E-state index contributed by atoms with van der Waals surface area (Å²) in [5.41, 5.74) is 2.31. The number of nitrogens with one attached hydrogen (secondary N) is 1. The van der Waals surface area contributed by atoms with Crippen LogP contribution < -0.4 is 10.9 Å². The molecular formula is C23H25N3O2. The van der Waals surface area contributed by atoms with Crippen LogP contribution in [0.2, 0.25) is 0 Å². The number of hydrogen-bond donors (Lipinski definition) is 1. The van der Waals surface area contributed by atoms with Crippen LogP contribution in [0.1, 0.15) is 47.8 Å². The lowest BCUT2D eigenvalue weighted by Gasteiger charge is -2.26. The molecule has 28 heavy (non-hydrogen) atoms. The molecule has 5 heteroatoms. The predicted octanol–water partition coefficient (Wildman–Crippen LogP) is 3.60. The van der Waals surface area contributed by atoms with Gasteiger partial charge in [0.15, 0.2) is 0 Å². The smallest absolute Gasteiger partial charge is 0.271 e. The van der Waals surface area contributed by atoms with E-state index in [2.05, 4.69) is 34.7 Å². The Hall–Kier alpha value is -3.21. The second kappa shape index (κ2) is 9.13. The van der Waals surface area contributed by atoms with Gasteiger partial charge in [-0.3, -0.25) is 9.59 Å². The molecule has 0 saturated heterocycles. The van der Waals surface area contributed by atoms with Gasteiger partial charge in [-0.1, -0.05) is 67.6 Å². The number of nitrogens with zero attached hydrogens (tertiary/aromatic N) is 2. The van der Waals surface area contributed by atoms with E-state index in [1.165, 1.54) is 16.8 Å². The lowest BCUT2D eigenvalue weighted by atomic mass is 9.86. The Morgan fingerprint density at radius 3 is 2.07 bits per heavy atom. The highest BCUT2D eigenvalue weighted by Crippen LogP contribution is 2.28. The summed E-state index contributed by atoms with van der Waals surface area (Å²) < 4.78 is 1.34. The molecule has 1 unspecified atom stereocenters. The molecule has 1 amide bonds. The summed E-state index contributed by atoms with van der Waals surface area (Å²) in [7, 11) is 0. The monoisotopic (exact) mass is 375 g/mol. The van der Waals surface area contributed by atoms with Gasteiger partial charge in [-0.25, -0.2) is 4.68 Å². The van der Waals surface area contributed by atoms with Gasteiger partial charge in [0.2, 0.25) is 0 Å². The molecule has 3 rings (SSSR count). The average molecular weight is 375 g/mol. The number of rotatable bonds is 7. The minimum atomic E-state index is -0.283. The van der Waals surface area contributed by atoms with Gasteiger partial charge in [0.25, 0.3) is 11.5 Å². The third-order valence-corrected chi connectivity index (χ3v) is 4.71. The topological polar surface area (TPSA) is 64.0 Å². The fourth-order valence-corrected chi connectivity index (χ4v) is 3.40. The van der Waals surface area contributed by atoms with Gasteiger partial charge in [-0.05, 0) is 30.5 Å². The predicted molar refractivity (Wildman–Crippen MR) is 110 cm³/mol. The van der Waals surface area contributed by atoms with Gasteiger partial charge in [0.05, 0.1) is 0 Å². The molecular weight excluding hydrogens is 350 g/mol. The number of aryl methyl sites for hydroxylation is 1. The number of benzene rings is 2. The first-order valence-electron chi connectivity index (χ1n) is 9.59. The molecule has 1 atom stereocenters. The fourth-order valence-electron chi connectivity index (χ4n) is 3.40. The lowest BCUT2D eigenvalue weighted by Crippen LogP contribution is -2.39. The Kier molecular flexibility index (Phi) is 6.37. The van der Waals surface area contributed by atoms with E-state index in [4.69, 9.17) is 0 Å². The third kappa shape index (κ3) is 4.55. The van der Waals surface area contributed by atoms with Crippen LogP contribution in [0.15, 0.2) is 77.6 Å². The van der Waals surface area contributed by atoms with E-state index in [0.717, 1.165) is 17.5 Å². The third-order valence-electron chi connectivity index (χ3n) is 4.71. The zero-order valence-corrected chi connectivity index (χ0v) is 16.2. The molecule has 144 valence electrons. The SMILES string of the molecule is CCCn1nc(C(=O)NC(C)C(c2ccccc2)c2ccccc2)ccc1=O. The van der Waals surface area contributed by atoms with E-state index in [9.17, 15) is 9.59 Å². The molecule has 0 aliphatic heterocycles. The molecule has 0 fully saturated rings. The minimum absolute atomic E-state index is 0.00731. The molecule has 0 spiro atoms. The summed E-state index contributed by atoms with van der Waals surface area (Å²) in [6, 6.07) is 23.0. The normalized spacial score (nSPS) is 12.0. The second-order valence-electron chi connectivity index (χ2n) is 6.84. The highest BCUT2D eigenvalue weighted by Gasteiger charge is 2.23. The summed E-state index contributed by atoms with van der Waals surface area (Å²) in [5.74, 6) is -0.276. The maximum atomic E-state index is 12.8. The summed E-state index contributed by atoms with van der Waals surface area (Å²) in [6.45, 7) is 4.45. The van der Waals surface area contributed by atoms with Crippen LogP contribution in [0.4, 0.5) is 0 Å². The van der Waals surface area contributed by atoms with E-state index in [1.54, 1.807) is 0 Å². The van der Waals surface area contributed by atoms with Crippen LogP contribution in [-0.4, -0.2) is 21.7 Å². The van der Waals surface area contributed by atoms with Crippen molar-refractivity contribution in [1.29, 1.82) is 0 Å². The van der Waals surface area contributed by atoms with Gasteiger partial charge in [0.1, 0.15) is 5.69 Å². The molecule has 0 radical (unpaired) electrons. The lowest BCUT2D eigenvalue weighted by molar-refractivity contribution is 0.0929. The van der Waals surface area contributed by atoms with Crippen LogP contribution in [0.5, 0.6) is 0 Å². The van der Waals surface area contributed by atoms with E-state index in [-0.39, 0.29) is 29.1 Å². The van der Waals surface area contributed by atoms with E-state index in [0.29, 0.717) is 6.54 Å². The Bertz CT molecular complexity index is 928. The molecule has 3 aromatic rings. The van der Waals surface area contributed by atoms with E-state index >= 15 is 0 Å². The van der Waals surface area contributed by atoms with Gasteiger partial charge >= 0.3 is 0 Å². The van der Waals surface area contributed by atoms with Crippen molar-refractivity contribution in [1.82, 2.24) is 15.1 Å². The van der Waals surface area contributed by atoms with Crippen LogP contribution in [0.3, 0.4) is 0 Å². The van der Waals surface area contributed by atoms with Crippen molar-refractivity contribution in [2.24, 2.45) is 0 Å². The zero-order chi connectivity index (χ0) is 19.9. The molecule has 1 N–H and O–H groups in total. The van der Waals surface area contributed by atoms with E-state index in [1.807, 2.05) is 50.2 Å². The molecule has 0 aliphatic carbocycles. The Morgan fingerprint density at radius 2 is 1.54 bits per heavy atom. The van der Waals surface area contributed by atoms with Crippen molar-refractivity contribution in [3.05, 3.63) is 100.0 Å². The van der Waals surface area contributed by atoms with E-state index < -0.39 is 0 Å². The van der Waals surface area contributed by atoms with Crippen LogP contribution >= 0.6 is 0 Å². The summed E-state index contributed by atoms with van der Waals surface area (Å²) in [5, 5.41) is 7.28. The Labute approximate surface area is 165 Å². The zero-order valence-electron chi connectivity index (χ0n) is 16.2. The van der Waals surface area contributed by atoms with Gasteiger partial charge in [-0.15, -0.1) is 0 Å². The molecule has 1 heterocycles. The van der Waals surface area contributed by atoms with Crippen molar-refractivity contribution in [2.45, 2.75) is 38.8 Å². The molecule has 5 nitrogen and oxygen atoms in total. The number of hydrogen-bond acceptors (Lipinski definition) is 3. The van der Waals surface area contributed by atoms with Crippen molar-refractivity contribution in [2.75, 3.05) is 0 Å². The standard InChI is InChI=1S/C23H25N3O2/c1-3-16-26-21(27)15-14-20(25-26)23(28)24-17(2)22(18-10-6-4-7-11-18)19-12-8-5-9-13-19/h4-15,17,22H,3,16H2,1-2H3,(H,24,28). The number of aromatic nitrogens is 2. The summed E-state index contributed by atoms with van der Waals surface area (Å²) in [4.78, 5) is 24.7. The van der Waals surface area contributed by atoms with Gasteiger partial charge in [-0.2, -0.15) is 5.10 Å². The van der Waals surface area contributed by atoms with Gasteiger partial charge < -0.3 is 5.32 Å². The first-order chi connectivity index (χ1) is 13.6. The van der Waals surface area contributed by atoms with Crippen molar-refractivity contribution in [3.63, 3.8) is 0 Å². The molecule has 0 saturated carbocycles. The molecule has 0 bridgehead atoms. The first-order valence-corrected chi connectivity index (χ1v) is 9.59. The Balaban J connectivity index is 1.86. The quantitative estimate of drug-likeness (QED) is 0.686. The van der Waals surface area contributed by atoms with Crippen LogP contribution in [0, 0.1) is 0 Å². The van der Waals surface area contributed by atoms with Crippen LogP contribution in [0.25, 0.3) is 0 Å². The molecule has 1 aromatic heterocycles. The number of amides is 1. The minimum Gasteiger partial charge on any atom is -0.347 e. The highest BCUT2D eigenvalue weighted by molar-refractivity contribution is 5.92. The van der Waals surface area contributed by atoms with Crippen molar-refractivity contribution >= 4 is 5.91 Å². The molecule has 0 aliphatic rings. The fraction of sp³-hybridized carbons (Fsp3) is 0.261. The summed E-state index contributed by atoms with van der Waals surface area (Å²) >= 11 is 0. The Morgan fingerprint density at radius 1 is 0.964 bits per heavy atom.